The van der Waals surface area contributed by atoms with Crippen molar-refractivity contribution < 1.29 is 9.53 Å². The molecule has 0 spiro atoms. The Balaban J connectivity index is 1.44. The molecule has 106 valence electrons. The molecule has 0 radical (unpaired) electrons. The molecular formula is C15H24N2O2. The molecule has 1 heterocycles. The molecule has 19 heavy (non-hydrogen) atoms. The van der Waals surface area contributed by atoms with Crippen molar-refractivity contribution in [1.29, 1.82) is 0 Å². The van der Waals surface area contributed by atoms with E-state index in [4.69, 9.17) is 10.5 Å². The molecule has 0 aromatic rings. The summed E-state index contributed by atoms with van der Waals surface area (Å²) >= 11 is 0. The minimum Gasteiger partial charge on any atom is -0.370 e. The molecule has 6 atom stereocenters. The van der Waals surface area contributed by atoms with Gasteiger partial charge in [-0.25, -0.2) is 0 Å². The fraction of sp³-hybridized carbons (Fsp3) is 0.933. The number of hydrogen-bond acceptors (Lipinski definition) is 3. The highest BCUT2D eigenvalue weighted by molar-refractivity contribution is 5.83. The summed E-state index contributed by atoms with van der Waals surface area (Å²) in [6.45, 7) is 4.00. The number of nitrogens with two attached hydrogens (primary N) is 1. The molecule has 4 rings (SSSR count). The van der Waals surface area contributed by atoms with E-state index < -0.39 is 0 Å². The molecule has 2 bridgehead atoms. The lowest BCUT2D eigenvalue weighted by Crippen LogP contribution is -2.52. The zero-order valence-electron chi connectivity index (χ0n) is 11.6. The highest BCUT2D eigenvalue weighted by Crippen LogP contribution is 2.69. The van der Waals surface area contributed by atoms with Crippen molar-refractivity contribution in [3.8, 4) is 0 Å². The highest BCUT2D eigenvalue weighted by atomic mass is 16.5. The van der Waals surface area contributed by atoms with Crippen LogP contribution in [0.25, 0.3) is 0 Å². The molecule has 4 fully saturated rings. The van der Waals surface area contributed by atoms with Crippen molar-refractivity contribution in [2.45, 2.75) is 38.4 Å². The lowest BCUT2D eigenvalue weighted by atomic mass is 10.0. The standard InChI is InChI=1S/C15H24N2O2/c1-8-6-17(7-11(5-16)19-8)15(18)14-12-9-2-3-10(4-9)13(12)14/h8-14H,2-7,16H2,1H3. The predicted molar refractivity (Wildman–Crippen MR) is 71.3 cm³/mol. The first kappa shape index (κ1) is 12.2. The summed E-state index contributed by atoms with van der Waals surface area (Å²) in [4.78, 5) is 14.8. The second-order valence-corrected chi connectivity index (χ2v) is 7.06. The van der Waals surface area contributed by atoms with Crippen molar-refractivity contribution in [2.24, 2.45) is 35.3 Å². The SMILES string of the molecule is CC1CN(C(=O)C2C3C4CCC(C4)C23)CC(CN)O1. The van der Waals surface area contributed by atoms with E-state index in [0.717, 1.165) is 30.2 Å². The van der Waals surface area contributed by atoms with Crippen molar-refractivity contribution in [1.82, 2.24) is 4.90 Å². The van der Waals surface area contributed by atoms with E-state index in [1.165, 1.54) is 19.3 Å². The molecule has 6 unspecified atom stereocenters. The molecule has 3 aliphatic carbocycles. The molecule has 4 aliphatic rings. The van der Waals surface area contributed by atoms with Gasteiger partial charge in [0.2, 0.25) is 5.91 Å². The Labute approximate surface area is 114 Å². The molecule has 3 saturated carbocycles. The summed E-state index contributed by atoms with van der Waals surface area (Å²) in [5, 5.41) is 0. The number of ether oxygens (including phenoxy) is 1. The smallest absolute Gasteiger partial charge is 0.226 e. The third kappa shape index (κ3) is 1.76. The van der Waals surface area contributed by atoms with Crippen LogP contribution in [0.1, 0.15) is 26.2 Å². The van der Waals surface area contributed by atoms with Crippen LogP contribution in [-0.2, 0) is 9.53 Å². The van der Waals surface area contributed by atoms with Gasteiger partial charge in [-0.1, -0.05) is 0 Å². The lowest BCUT2D eigenvalue weighted by molar-refractivity contribution is -0.146. The largest absolute Gasteiger partial charge is 0.370 e. The molecule has 0 aromatic carbocycles. The summed E-state index contributed by atoms with van der Waals surface area (Å²) in [6, 6.07) is 0. The molecule has 1 aliphatic heterocycles. The van der Waals surface area contributed by atoms with Crippen LogP contribution in [0.5, 0.6) is 0 Å². The Morgan fingerprint density at radius 3 is 2.58 bits per heavy atom. The van der Waals surface area contributed by atoms with Crippen LogP contribution >= 0.6 is 0 Å². The normalized spacial score (nSPS) is 51.3. The van der Waals surface area contributed by atoms with Gasteiger partial charge in [0.1, 0.15) is 0 Å². The number of carbonyl (C=O) groups excluding carboxylic acids is 1. The van der Waals surface area contributed by atoms with Crippen molar-refractivity contribution >= 4 is 5.91 Å². The maximum atomic E-state index is 12.7. The van der Waals surface area contributed by atoms with Gasteiger partial charge in [0, 0.05) is 25.6 Å². The number of morpholine rings is 1. The Morgan fingerprint density at radius 1 is 1.26 bits per heavy atom. The first-order valence-electron chi connectivity index (χ1n) is 7.83. The molecule has 0 aromatic heterocycles. The van der Waals surface area contributed by atoms with E-state index in [-0.39, 0.29) is 12.2 Å². The van der Waals surface area contributed by atoms with E-state index in [0.29, 0.717) is 24.9 Å². The number of rotatable bonds is 2. The maximum absolute atomic E-state index is 12.7. The van der Waals surface area contributed by atoms with Crippen LogP contribution in [0.4, 0.5) is 0 Å². The summed E-state index contributed by atoms with van der Waals surface area (Å²) in [6.07, 6.45) is 4.31. The molecular weight excluding hydrogens is 240 g/mol. The molecule has 4 nitrogen and oxygen atoms in total. The molecule has 4 heteroatoms. The van der Waals surface area contributed by atoms with Gasteiger partial charge in [-0.15, -0.1) is 0 Å². The average Bonchev–Trinajstić information content (AvgIpc) is 2.84. The minimum absolute atomic E-state index is 0.0306. The summed E-state index contributed by atoms with van der Waals surface area (Å²) in [5.74, 6) is 3.97. The molecule has 1 saturated heterocycles. The maximum Gasteiger partial charge on any atom is 0.226 e. The Hall–Kier alpha value is -0.610. The van der Waals surface area contributed by atoms with Gasteiger partial charge in [0.05, 0.1) is 12.2 Å². The molecule has 2 N–H and O–H groups in total. The van der Waals surface area contributed by atoms with Gasteiger partial charge >= 0.3 is 0 Å². The number of amides is 1. The number of fused-ring (bicyclic) bond motifs is 5. The Bertz CT molecular complexity index is 384. The predicted octanol–water partition coefficient (Wildman–Crippen LogP) is 0.853. The monoisotopic (exact) mass is 264 g/mol. The third-order valence-corrected chi connectivity index (χ3v) is 5.92. The molecule has 1 amide bonds. The van der Waals surface area contributed by atoms with E-state index >= 15 is 0 Å². The fourth-order valence-electron chi connectivity index (χ4n) is 5.22. The Kier molecular flexibility index (Phi) is 2.68. The zero-order chi connectivity index (χ0) is 13.1. The number of nitrogens with zero attached hydrogens (tertiary/aromatic N) is 1. The van der Waals surface area contributed by atoms with Crippen LogP contribution in [0.3, 0.4) is 0 Å². The van der Waals surface area contributed by atoms with Gasteiger partial charge in [0.15, 0.2) is 0 Å². The first-order valence-corrected chi connectivity index (χ1v) is 7.83. The van der Waals surface area contributed by atoms with Gasteiger partial charge < -0.3 is 15.4 Å². The van der Waals surface area contributed by atoms with Crippen molar-refractivity contribution in [3.05, 3.63) is 0 Å². The topological polar surface area (TPSA) is 55.6 Å². The second-order valence-electron chi connectivity index (χ2n) is 7.06. The first-order chi connectivity index (χ1) is 9.19. The van der Waals surface area contributed by atoms with Gasteiger partial charge in [-0.2, -0.15) is 0 Å². The van der Waals surface area contributed by atoms with Gasteiger partial charge in [0.25, 0.3) is 0 Å². The summed E-state index contributed by atoms with van der Waals surface area (Å²) in [7, 11) is 0. The van der Waals surface area contributed by atoms with Crippen LogP contribution in [0.15, 0.2) is 0 Å². The van der Waals surface area contributed by atoms with E-state index in [2.05, 4.69) is 0 Å². The van der Waals surface area contributed by atoms with E-state index in [1.807, 2.05) is 11.8 Å². The van der Waals surface area contributed by atoms with Crippen LogP contribution < -0.4 is 5.73 Å². The Morgan fingerprint density at radius 2 is 1.95 bits per heavy atom. The quantitative estimate of drug-likeness (QED) is 0.804. The minimum atomic E-state index is 0.0306. The summed E-state index contributed by atoms with van der Waals surface area (Å²) in [5.41, 5.74) is 5.70. The van der Waals surface area contributed by atoms with E-state index in [1.54, 1.807) is 0 Å². The van der Waals surface area contributed by atoms with E-state index in [9.17, 15) is 4.79 Å². The van der Waals surface area contributed by atoms with Crippen molar-refractivity contribution in [3.63, 3.8) is 0 Å². The number of hydrogen-bond donors (Lipinski definition) is 1. The third-order valence-electron chi connectivity index (χ3n) is 5.92. The van der Waals surface area contributed by atoms with Crippen molar-refractivity contribution in [2.75, 3.05) is 19.6 Å². The zero-order valence-corrected chi connectivity index (χ0v) is 11.6. The fourth-order valence-corrected chi connectivity index (χ4v) is 5.22. The summed E-state index contributed by atoms with van der Waals surface area (Å²) < 4.78 is 5.75. The number of carbonyl (C=O) groups is 1. The average molecular weight is 264 g/mol. The van der Waals surface area contributed by atoms with Crippen LogP contribution in [0.2, 0.25) is 0 Å². The lowest BCUT2D eigenvalue weighted by Gasteiger charge is -2.37. The van der Waals surface area contributed by atoms with Crippen LogP contribution in [-0.4, -0.2) is 42.6 Å². The highest BCUT2D eigenvalue weighted by Gasteiger charge is 2.68. The van der Waals surface area contributed by atoms with Gasteiger partial charge in [-0.3, -0.25) is 4.79 Å². The van der Waals surface area contributed by atoms with Crippen LogP contribution in [0, 0.1) is 29.6 Å². The second kappa shape index (κ2) is 4.19. The van der Waals surface area contributed by atoms with Gasteiger partial charge in [-0.05, 0) is 49.9 Å².